The van der Waals surface area contributed by atoms with Gasteiger partial charge in [-0.3, -0.25) is 0 Å². The second-order valence-electron chi connectivity index (χ2n) is 3.14. The summed E-state index contributed by atoms with van der Waals surface area (Å²) in [5.41, 5.74) is 0. The zero-order valence-electron chi connectivity index (χ0n) is 9.73. The maximum atomic E-state index is 12.5. The number of carbonyl (C=O) groups is 2. The Morgan fingerprint density at radius 2 is 1.85 bits per heavy atom. The number of hydrogen-bond donors (Lipinski definition) is 1. The lowest BCUT2D eigenvalue weighted by molar-refractivity contribution is -0.140. The topological polar surface area (TPSA) is 122 Å². The summed E-state index contributed by atoms with van der Waals surface area (Å²) in [5.74, 6) is -2.74. The Bertz CT molecular complexity index is 490. The second-order valence-corrected chi connectivity index (χ2v) is 4.64. The van der Waals surface area contributed by atoms with E-state index in [1.165, 1.54) is 0 Å². The average Bonchev–Trinajstić information content (AvgIpc) is 2.30. The summed E-state index contributed by atoms with van der Waals surface area (Å²) in [6.45, 7) is -0.271. The van der Waals surface area contributed by atoms with Gasteiger partial charge in [0.25, 0.3) is 0 Å². The van der Waals surface area contributed by atoms with Crippen LogP contribution in [0, 0.1) is 0 Å². The average molecular weight is 320 g/mol. The summed E-state index contributed by atoms with van der Waals surface area (Å²) in [5, 5.41) is -2.98. The third-order valence-corrected chi connectivity index (χ3v) is 2.41. The molecule has 116 valence electrons. The summed E-state index contributed by atoms with van der Waals surface area (Å²) >= 11 is 0. The molecule has 0 bridgehead atoms. The number of hydrogen-bond acceptors (Lipinski definition) is 7. The van der Waals surface area contributed by atoms with Crippen molar-refractivity contribution in [2.24, 2.45) is 0 Å². The van der Waals surface area contributed by atoms with Crippen molar-refractivity contribution in [3.05, 3.63) is 12.4 Å². The normalized spacial score (nSPS) is 11.6. The molecule has 0 saturated heterocycles. The summed E-state index contributed by atoms with van der Waals surface area (Å²) in [6, 6.07) is 0. The van der Waals surface area contributed by atoms with Crippen molar-refractivity contribution in [3.63, 3.8) is 0 Å². The second kappa shape index (κ2) is 7.09. The highest BCUT2D eigenvalue weighted by molar-refractivity contribution is 7.86. The molecule has 0 spiro atoms. The molecule has 0 aromatic carbocycles. The van der Waals surface area contributed by atoms with Crippen molar-refractivity contribution in [1.29, 1.82) is 0 Å². The van der Waals surface area contributed by atoms with E-state index >= 15 is 0 Å². The maximum absolute atomic E-state index is 12.5. The van der Waals surface area contributed by atoms with Gasteiger partial charge in [-0.1, -0.05) is 6.58 Å². The molecule has 0 aliphatic heterocycles. The van der Waals surface area contributed by atoms with Crippen molar-refractivity contribution < 1.29 is 45.2 Å². The fraction of sp³-hybridized carbons (Fsp3) is 0.500. The Labute approximate surface area is 111 Å². The summed E-state index contributed by atoms with van der Waals surface area (Å²) in [4.78, 5) is 21.3. The number of ether oxygens (including phenoxy) is 2. The van der Waals surface area contributed by atoms with Crippen molar-refractivity contribution in [2.45, 2.75) is 5.25 Å². The van der Waals surface area contributed by atoms with E-state index < -0.39 is 53.0 Å². The molecular formula is C8H9F3NO7S-. The van der Waals surface area contributed by atoms with E-state index in [-0.39, 0.29) is 0 Å². The fourth-order valence-electron chi connectivity index (χ4n) is 0.648. The first-order chi connectivity index (χ1) is 8.97. The van der Waals surface area contributed by atoms with Gasteiger partial charge in [0.1, 0.15) is 6.61 Å². The molecule has 12 heteroatoms. The fourth-order valence-corrected chi connectivity index (χ4v) is 0.851. The Balaban J connectivity index is 3.97. The standard InChI is InChI=1S/C8H10F3NO7S/c1-5(9)6(13)18-3-2-12-7(14)19-4-8(10,11)20(15,16)17/h1-4H2,(H,12,14)(H,15,16,17)/p-1. The van der Waals surface area contributed by atoms with Gasteiger partial charge in [-0.2, -0.15) is 13.2 Å². The van der Waals surface area contributed by atoms with E-state index in [1.54, 1.807) is 5.32 Å². The maximum Gasteiger partial charge on any atom is 0.407 e. The number of amides is 1. The summed E-state index contributed by atoms with van der Waals surface area (Å²) in [6.07, 6.45) is -1.48. The van der Waals surface area contributed by atoms with E-state index in [4.69, 9.17) is 0 Å². The minimum atomic E-state index is -5.95. The van der Waals surface area contributed by atoms with E-state index in [0.717, 1.165) is 0 Å². The molecule has 0 heterocycles. The molecule has 0 unspecified atom stereocenters. The van der Waals surface area contributed by atoms with Crippen LogP contribution >= 0.6 is 0 Å². The van der Waals surface area contributed by atoms with Crippen LogP contribution in [0.4, 0.5) is 18.0 Å². The van der Waals surface area contributed by atoms with Gasteiger partial charge in [0.05, 0.1) is 6.54 Å². The van der Waals surface area contributed by atoms with E-state index in [2.05, 4.69) is 16.1 Å². The Morgan fingerprint density at radius 1 is 1.30 bits per heavy atom. The first-order valence-electron chi connectivity index (χ1n) is 4.73. The summed E-state index contributed by atoms with van der Waals surface area (Å²) < 4.78 is 75.3. The SMILES string of the molecule is C=C(F)C(=O)OCCNC(=O)OCC(F)(F)S(=O)(=O)[O-]. The van der Waals surface area contributed by atoms with Crippen LogP contribution in [0.1, 0.15) is 0 Å². The third-order valence-electron chi connectivity index (χ3n) is 1.56. The molecule has 0 radical (unpaired) electrons. The first-order valence-corrected chi connectivity index (χ1v) is 6.13. The number of rotatable bonds is 7. The molecule has 1 N–H and O–H groups in total. The van der Waals surface area contributed by atoms with Gasteiger partial charge in [-0.05, 0) is 0 Å². The minimum absolute atomic E-state index is 0.423. The van der Waals surface area contributed by atoms with Gasteiger partial charge in [-0.25, -0.2) is 18.0 Å². The van der Waals surface area contributed by atoms with Crippen LogP contribution in [0.5, 0.6) is 0 Å². The monoisotopic (exact) mass is 320 g/mol. The molecule has 20 heavy (non-hydrogen) atoms. The predicted molar refractivity (Wildman–Crippen MR) is 55.2 cm³/mol. The number of alkyl halides is 2. The quantitative estimate of drug-likeness (QED) is 0.300. The Kier molecular flexibility index (Phi) is 6.45. The number of carbonyl (C=O) groups excluding carboxylic acids is 2. The van der Waals surface area contributed by atoms with E-state index in [1.807, 2.05) is 0 Å². The van der Waals surface area contributed by atoms with Crippen molar-refractivity contribution >= 4 is 22.2 Å². The van der Waals surface area contributed by atoms with E-state index in [0.29, 0.717) is 0 Å². The number of esters is 1. The number of halogens is 3. The number of nitrogens with one attached hydrogen (secondary N) is 1. The van der Waals surface area contributed by atoms with Crippen LogP contribution in [0.15, 0.2) is 12.4 Å². The molecule has 0 rings (SSSR count). The zero-order chi connectivity index (χ0) is 16.0. The van der Waals surface area contributed by atoms with Crippen LogP contribution in [0.3, 0.4) is 0 Å². The van der Waals surface area contributed by atoms with Gasteiger partial charge < -0.3 is 19.3 Å². The molecule has 0 aliphatic rings. The minimum Gasteiger partial charge on any atom is -0.743 e. The zero-order valence-corrected chi connectivity index (χ0v) is 10.5. The lowest BCUT2D eigenvalue weighted by Crippen LogP contribution is -2.37. The van der Waals surface area contributed by atoms with Crippen molar-refractivity contribution in [3.8, 4) is 0 Å². The Hall–Kier alpha value is -1.82. The van der Waals surface area contributed by atoms with Gasteiger partial charge >= 0.3 is 17.3 Å². The van der Waals surface area contributed by atoms with Crippen molar-refractivity contribution in [1.82, 2.24) is 5.32 Å². The molecule has 0 aromatic rings. The molecular weight excluding hydrogens is 311 g/mol. The molecule has 0 aromatic heterocycles. The molecule has 0 atom stereocenters. The van der Waals surface area contributed by atoms with Gasteiger partial charge in [0, 0.05) is 0 Å². The van der Waals surface area contributed by atoms with Crippen LogP contribution in [0.2, 0.25) is 0 Å². The first kappa shape index (κ1) is 18.2. The smallest absolute Gasteiger partial charge is 0.407 e. The van der Waals surface area contributed by atoms with E-state index in [9.17, 15) is 35.7 Å². The van der Waals surface area contributed by atoms with Crippen molar-refractivity contribution in [2.75, 3.05) is 19.8 Å². The van der Waals surface area contributed by atoms with Crippen LogP contribution in [-0.2, 0) is 24.4 Å². The molecule has 0 saturated carbocycles. The van der Waals surface area contributed by atoms with Gasteiger partial charge in [0.15, 0.2) is 16.7 Å². The molecule has 0 aliphatic carbocycles. The third kappa shape index (κ3) is 6.38. The highest BCUT2D eigenvalue weighted by atomic mass is 32.2. The van der Waals surface area contributed by atoms with Gasteiger partial charge in [-0.15, -0.1) is 0 Å². The van der Waals surface area contributed by atoms with Crippen LogP contribution in [0.25, 0.3) is 0 Å². The lowest BCUT2D eigenvalue weighted by atomic mass is 10.6. The van der Waals surface area contributed by atoms with Crippen LogP contribution in [-0.4, -0.2) is 50.0 Å². The Morgan fingerprint density at radius 3 is 2.30 bits per heavy atom. The van der Waals surface area contributed by atoms with Gasteiger partial charge in [0.2, 0.25) is 5.83 Å². The molecule has 0 fully saturated rings. The highest BCUT2D eigenvalue weighted by Gasteiger charge is 2.39. The van der Waals surface area contributed by atoms with Crippen LogP contribution < -0.4 is 5.32 Å². The number of alkyl carbamates (subject to hydrolysis) is 1. The highest BCUT2D eigenvalue weighted by Crippen LogP contribution is 2.20. The lowest BCUT2D eigenvalue weighted by Gasteiger charge is -2.19. The molecule has 1 amide bonds. The molecule has 8 nitrogen and oxygen atoms in total. The largest absolute Gasteiger partial charge is 0.743 e. The summed E-state index contributed by atoms with van der Waals surface area (Å²) in [7, 11) is -5.95. The predicted octanol–water partition coefficient (Wildman–Crippen LogP) is -0.123.